The lowest BCUT2D eigenvalue weighted by molar-refractivity contribution is 0.0819. The zero-order valence-electron chi connectivity index (χ0n) is 10.8. The summed E-state index contributed by atoms with van der Waals surface area (Å²) >= 11 is 0. The van der Waals surface area contributed by atoms with Crippen LogP contribution in [0.1, 0.15) is 5.56 Å². The molecule has 8 heteroatoms. The van der Waals surface area contributed by atoms with Crippen LogP contribution in [0.2, 0.25) is 0 Å². The molecule has 2 aromatic rings. The highest BCUT2D eigenvalue weighted by Crippen LogP contribution is 2.28. The Hall–Kier alpha value is -2.95. The summed E-state index contributed by atoms with van der Waals surface area (Å²) < 4.78 is 29.2. The Labute approximate surface area is 119 Å². The molecule has 0 aliphatic rings. The van der Waals surface area contributed by atoms with Crippen molar-refractivity contribution in [3.8, 4) is 23.1 Å². The van der Waals surface area contributed by atoms with E-state index in [4.69, 9.17) is 21.5 Å². The van der Waals surface area contributed by atoms with E-state index in [2.05, 4.69) is 9.97 Å². The Morgan fingerprint density at radius 3 is 2.71 bits per heavy atom. The Bertz CT molecular complexity index is 699. The monoisotopic (exact) mass is 291 g/mol. The molecule has 0 fully saturated rings. The third-order valence-electron chi connectivity index (χ3n) is 2.55. The molecule has 108 valence electrons. The summed E-state index contributed by atoms with van der Waals surface area (Å²) in [7, 11) is 0. The fourth-order valence-electron chi connectivity index (χ4n) is 1.71. The van der Waals surface area contributed by atoms with Gasteiger partial charge in [-0.3, -0.25) is 0 Å². The molecule has 0 spiro atoms. The number of nitriles is 1. The van der Waals surface area contributed by atoms with E-state index in [9.17, 15) is 8.78 Å². The second-order valence-electron chi connectivity index (χ2n) is 4.03. The van der Waals surface area contributed by atoms with Gasteiger partial charge in [-0.15, -0.1) is 0 Å². The average molecular weight is 291 g/mol. The van der Waals surface area contributed by atoms with Crippen molar-refractivity contribution >= 4 is 11.8 Å². The van der Waals surface area contributed by atoms with Gasteiger partial charge in [-0.2, -0.15) is 10.2 Å². The summed E-state index contributed by atoms with van der Waals surface area (Å²) in [5.74, 6) is 0.103. The summed E-state index contributed by atoms with van der Waals surface area (Å²) in [6.45, 7) is -0.720. The maximum Gasteiger partial charge on any atom is 0.272 e. The van der Waals surface area contributed by atoms with Crippen LogP contribution in [0.15, 0.2) is 24.3 Å². The van der Waals surface area contributed by atoms with Gasteiger partial charge in [0.25, 0.3) is 6.43 Å². The number of hydrogen-bond acceptors (Lipinski definition) is 6. The van der Waals surface area contributed by atoms with Crippen molar-refractivity contribution in [3.63, 3.8) is 0 Å². The lowest BCUT2D eigenvalue weighted by Crippen LogP contribution is -2.07. The molecule has 0 amide bonds. The number of nitrogen functional groups attached to an aromatic ring is 2. The van der Waals surface area contributed by atoms with Crippen LogP contribution >= 0.6 is 0 Å². The molecule has 21 heavy (non-hydrogen) atoms. The van der Waals surface area contributed by atoms with E-state index >= 15 is 0 Å². The van der Waals surface area contributed by atoms with Crippen LogP contribution in [0.25, 0.3) is 11.3 Å². The van der Waals surface area contributed by atoms with E-state index < -0.39 is 13.0 Å². The predicted octanol–water partition coefficient (Wildman–Crippen LogP) is 1.82. The molecule has 0 aliphatic heterocycles. The summed E-state index contributed by atoms with van der Waals surface area (Å²) in [4.78, 5) is 7.68. The molecule has 0 radical (unpaired) electrons. The van der Waals surface area contributed by atoms with Crippen molar-refractivity contribution in [2.75, 3.05) is 18.1 Å². The molecule has 1 aromatic heterocycles. The number of nitrogens with two attached hydrogens (primary N) is 2. The summed E-state index contributed by atoms with van der Waals surface area (Å²) in [5, 5.41) is 9.12. The minimum atomic E-state index is -2.58. The highest BCUT2D eigenvalue weighted by molar-refractivity contribution is 5.73. The highest BCUT2D eigenvalue weighted by Gasteiger charge is 2.14. The summed E-state index contributed by atoms with van der Waals surface area (Å²) in [6, 6.07) is 8.11. The molecule has 2 rings (SSSR count). The standard InChI is InChI=1S/C13H11F2N5O/c14-10(15)6-21-8-3-1-2-7(4-8)11-9(5-16)12(17)20-13(18)19-11/h1-4,10H,6H2,(H4,17,18,19,20). The van der Waals surface area contributed by atoms with Gasteiger partial charge in [0.05, 0.1) is 5.69 Å². The van der Waals surface area contributed by atoms with E-state index in [1.807, 2.05) is 6.07 Å². The lowest BCUT2D eigenvalue weighted by Gasteiger charge is -2.09. The maximum absolute atomic E-state index is 12.1. The van der Waals surface area contributed by atoms with Gasteiger partial charge in [-0.1, -0.05) is 12.1 Å². The van der Waals surface area contributed by atoms with Crippen molar-refractivity contribution in [3.05, 3.63) is 29.8 Å². The van der Waals surface area contributed by atoms with Crippen LogP contribution in [0, 0.1) is 11.3 Å². The third-order valence-corrected chi connectivity index (χ3v) is 2.55. The van der Waals surface area contributed by atoms with Gasteiger partial charge in [-0.05, 0) is 12.1 Å². The van der Waals surface area contributed by atoms with Crippen LogP contribution in [0.3, 0.4) is 0 Å². The first-order valence-corrected chi connectivity index (χ1v) is 5.85. The minimum Gasteiger partial charge on any atom is -0.488 e. The zero-order chi connectivity index (χ0) is 15.4. The SMILES string of the molecule is N#Cc1c(N)nc(N)nc1-c1cccc(OCC(F)F)c1. The Morgan fingerprint density at radius 2 is 2.05 bits per heavy atom. The van der Waals surface area contributed by atoms with Gasteiger partial charge in [-0.25, -0.2) is 13.8 Å². The van der Waals surface area contributed by atoms with Crippen molar-refractivity contribution in [1.82, 2.24) is 9.97 Å². The van der Waals surface area contributed by atoms with E-state index in [1.54, 1.807) is 12.1 Å². The lowest BCUT2D eigenvalue weighted by atomic mass is 10.1. The van der Waals surface area contributed by atoms with Gasteiger partial charge in [0.15, 0.2) is 0 Å². The molecule has 4 N–H and O–H groups in total. The molecule has 0 saturated heterocycles. The van der Waals surface area contributed by atoms with E-state index in [0.717, 1.165) is 0 Å². The topological polar surface area (TPSA) is 111 Å². The molecule has 0 aliphatic carbocycles. The van der Waals surface area contributed by atoms with Gasteiger partial charge in [0.1, 0.15) is 29.8 Å². The van der Waals surface area contributed by atoms with Crippen LogP contribution in [-0.4, -0.2) is 23.0 Å². The third kappa shape index (κ3) is 3.33. The quantitative estimate of drug-likeness (QED) is 0.888. The highest BCUT2D eigenvalue weighted by atomic mass is 19.3. The molecular formula is C13H11F2N5O. The zero-order valence-corrected chi connectivity index (χ0v) is 10.8. The molecule has 0 unspecified atom stereocenters. The Balaban J connectivity index is 2.43. The first-order chi connectivity index (χ1) is 10.0. The number of anilines is 2. The first-order valence-electron chi connectivity index (χ1n) is 5.85. The number of benzene rings is 1. The average Bonchev–Trinajstić information content (AvgIpc) is 2.44. The van der Waals surface area contributed by atoms with Crippen molar-refractivity contribution < 1.29 is 13.5 Å². The maximum atomic E-state index is 12.1. The van der Waals surface area contributed by atoms with Crippen LogP contribution in [-0.2, 0) is 0 Å². The Kier molecular flexibility index (Phi) is 4.13. The van der Waals surface area contributed by atoms with Gasteiger partial charge in [0.2, 0.25) is 5.95 Å². The molecular weight excluding hydrogens is 280 g/mol. The van der Waals surface area contributed by atoms with Crippen molar-refractivity contribution in [2.24, 2.45) is 0 Å². The van der Waals surface area contributed by atoms with Crippen LogP contribution in [0.5, 0.6) is 5.75 Å². The Morgan fingerprint density at radius 1 is 1.29 bits per heavy atom. The number of ether oxygens (including phenoxy) is 1. The number of halogens is 2. The van der Waals surface area contributed by atoms with Crippen molar-refractivity contribution in [1.29, 1.82) is 5.26 Å². The molecule has 0 saturated carbocycles. The predicted molar refractivity (Wildman–Crippen MR) is 72.5 cm³/mol. The number of aromatic nitrogens is 2. The van der Waals surface area contributed by atoms with Gasteiger partial charge in [0, 0.05) is 5.56 Å². The smallest absolute Gasteiger partial charge is 0.272 e. The van der Waals surface area contributed by atoms with Crippen LogP contribution in [0.4, 0.5) is 20.5 Å². The molecule has 1 aromatic carbocycles. The number of nitrogens with zero attached hydrogens (tertiary/aromatic N) is 3. The van der Waals surface area contributed by atoms with Crippen molar-refractivity contribution in [2.45, 2.75) is 6.43 Å². The molecule has 0 bridgehead atoms. The van der Waals surface area contributed by atoms with E-state index in [0.29, 0.717) is 5.56 Å². The summed E-state index contributed by atoms with van der Waals surface area (Å²) in [6.07, 6.45) is -2.58. The van der Waals surface area contributed by atoms with E-state index in [1.165, 1.54) is 12.1 Å². The first kappa shape index (κ1) is 14.5. The fraction of sp³-hybridized carbons (Fsp3) is 0.154. The number of hydrogen-bond donors (Lipinski definition) is 2. The second-order valence-corrected chi connectivity index (χ2v) is 4.03. The second kappa shape index (κ2) is 6.00. The fourth-order valence-corrected chi connectivity index (χ4v) is 1.71. The van der Waals surface area contributed by atoms with Crippen LogP contribution < -0.4 is 16.2 Å². The molecule has 1 heterocycles. The van der Waals surface area contributed by atoms with Gasteiger partial charge < -0.3 is 16.2 Å². The minimum absolute atomic E-state index is 0.0427. The summed E-state index contributed by atoms with van der Waals surface area (Å²) in [5.41, 5.74) is 11.9. The van der Waals surface area contributed by atoms with Gasteiger partial charge >= 0.3 is 0 Å². The number of rotatable bonds is 4. The largest absolute Gasteiger partial charge is 0.488 e. The normalized spacial score (nSPS) is 10.4. The molecule has 0 atom stereocenters. The molecule has 6 nitrogen and oxygen atoms in total. The number of alkyl halides is 2. The van der Waals surface area contributed by atoms with E-state index in [-0.39, 0.29) is 28.8 Å².